The molecule has 2 rings (SSSR count). The maximum atomic E-state index is 13.2. The Bertz CT molecular complexity index is 916. The molecule has 0 fully saturated rings. The predicted molar refractivity (Wildman–Crippen MR) is 93.4 cm³/mol. The first-order valence-electron chi connectivity index (χ1n) is 7.93. The molecule has 0 amide bonds. The van der Waals surface area contributed by atoms with Gasteiger partial charge in [-0.25, -0.2) is 9.78 Å². The molecule has 0 spiro atoms. The number of rotatable bonds is 6. The second kappa shape index (κ2) is 8.11. The van der Waals surface area contributed by atoms with Crippen LogP contribution >= 0.6 is 0 Å². The molecule has 8 nitrogen and oxygen atoms in total. The topological polar surface area (TPSA) is 104 Å². The van der Waals surface area contributed by atoms with Crippen molar-refractivity contribution in [3.8, 4) is 17.1 Å². The fraction of sp³-hybridized carbons (Fsp3) is 0.294. The van der Waals surface area contributed by atoms with Gasteiger partial charge in [0.05, 0.1) is 29.9 Å². The summed E-state index contributed by atoms with van der Waals surface area (Å²) in [6, 6.07) is 4.09. The molecule has 150 valence electrons. The number of pyridine rings is 1. The van der Waals surface area contributed by atoms with Gasteiger partial charge in [-0.15, -0.1) is 0 Å². The van der Waals surface area contributed by atoms with Crippen molar-refractivity contribution in [2.45, 2.75) is 13.1 Å². The number of hydrogen-bond donors (Lipinski definition) is 1. The zero-order valence-electron chi connectivity index (χ0n) is 15.1. The number of nitrogens with zero attached hydrogens (tertiary/aromatic N) is 2. The van der Waals surface area contributed by atoms with Crippen LogP contribution in [0.15, 0.2) is 24.3 Å². The Labute approximate surface area is 157 Å². The minimum Gasteiger partial charge on any atom is -0.476 e. The molecular formula is C17H16F3N3O5. The fourth-order valence-corrected chi connectivity index (χ4v) is 2.43. The Kier molecular flexibility index (Phi) is 6.06. The highest BCUT2D eigenvalue weighted by atomic mass is 19.4. The molecule has 1 aromatic carbocycles. The van der Waals surface area contributed by atoms with Crippen molar-refractivity contribution < 1.29 is 32.4 Å². The van der Waals surface area contributed by atoms with Crippen molar-refractivity contribution in [3.05, 3.63) is 45.5 Å². The molecule has 1 heterocycles. The summed E-state index contributed by atoms with van der Waals surface area (Å²) in [6.45, 7) is 1.46. The van der Waals surface area contributed by atoms with Crippen LogP contribution in [0.5, 0.6) is 5.88 Å². The second-order valence-electron chi connectivity index (χ2n) is 5.44. The second-order valence-corrected chi connectivity index (χ2v) is 5.44. The molecule has 0 radical (unpaired) electrons. The number of alkyl halides is 3. The SMILES string of the molecule is CCOC(=O)c1cc(-c2cc(NC)cc(C(F)(F)F)c2)nc(OC)c1[N+](=O)[O-]. The van der Waals surface area contributed by atoms with E-state index in [2.05, 4.69) is 10.3 Å². The number of benzene rings is 1. The summed E-state index contributed by atoms with van der Waals surface area (Å²) in [4.78, 5) is 26.6. The van der Waals surface area contributed by atoms with Gasteiger partial charge >= 0.3 is 17.8 Å². The van der Waals surface area contributed by atoms with Crippen LogP contribution in [0.3, 0.4) is 0 Å². The largest absolute Gasteiger partial charge is 0.476 e. The van der Waals surface area contributed by atoms with Gasteiger partial charge in [-0.1, -0.05) is 0 Å². The Balaban J connectivity index is 2.77. The highest BCUT2D eigenvalue weighted by molar-refractivity contribution is 5.96. The molecular weight excluding hydrogens is 383 g/mol. The van der Waals surface area contributed by atoms with E-state index in [1.165, 1.54) is 20.0 Å². The summed E-state index contributed by atoms with van der Waals surface area (Å²) >= 11 is 0. The van der Waals surface area contributed by atoms with Crippen molar-refractivity contribution in [2.24, 2.45) is 0 Å². The fourth-order valence-electron chi connectivity index (χ4n) is 2.43. The lowest BCUT2D eigenvalue weighted by molar-refractivity contribution is -0.386. The lowest BCUT2D eigenvalue weighted by atomic mass is 10.0. The number of aromatic nitrogens is 1. The molecule has 11 heteroatoms. The minimum atomic E-state index is -4.63. The van der Waals surface area contributed by atoms with Crippen molar-refractivity contribution in [2.75, 3.05) is 26.1 Å². The van der Waals surface area contributed by atoms with Gasteiger partial charge in [-0.3, -0.25) is 10.1 Å². The van der Waals surface area contributed by atoms with Crippen molar-refractivity contribution in [1.82, 2.24) is 4.98 Å². The average Bonchev–Trinajstić information content (AvgIpc) is 2.65. The van der Waals surface area contributed by atoms with E-state index in [1.807, 2.05) is 0 Å². The summed E-state index contributed by atoms with van der Waals surface area (Å²) in [5.74, 6) is -1.54. The van der Waals surface area contributed by atoms with Crippen LogP contribution in [0.25, 0.3) is 11.3 Å². The number of ether oxygens (including phenoxy) is 2. The smallest absolute Gasteiger partial charge is 0.416 e. The van der Waals surface area contributed by atoms with Gasteiger partial charge in [0.1, 0.15) is 5.56 Å². The first-order chi connectivity index (χ1) is 13.1. The highest BCUT2D eigenvalue weighted by Crippen LogP contribution is 2.37. The Morgan fingerprint density at radius 2 is 1.96 bits per heavy atom. The van der Waals surface area contributed by atoms with E-state index in [1.54, 1.807) is 0 Å². The highest BCUT2D eigenvalue weighted by Gasteiger charge is 2.33. The molecule has 0 aliphatic carbocycles. The third-order valence-electron chi connectivity index (χ3n) is 3.68. The van der Waals surface area contributed by atoms with E-state index in [4.69, 9.17) is 9.47 Å². The van der Waals surface area contributed by atoms with E-state index in [-0.39, 0.29) is 23.6 Å². The molecule has 0 atom stereocenters. The van der Waals surface area contributed by atoms with Crippen molar-refractivity contribution in [3.63, 3.8) is 0 Å². The number of carbonyl (C=O) groups excluding carboxylic acids is 1. The summed E-state index contributed by atoms with van der Waals surface area (Å²) < 4.78 is 49.3. The third kappa shape index (κ3) is 4.30. The van der Waals surface area contributed by atoms with Crippen LogP contribution in [-0.2, 0) is 10.9 Å². The number of methoxy groups -OCH3 is 1. The van der Waals surface area contributed by atoms with E-state index >= 15 is 0 Å². The van der Waals surface area contributed by atoms with E-state index in [9.17, 15) is 28.1 Å². The third-order valence-corrected chi connectivity index (χ3v) is 3.68. The molecule has 0 aliphatic heterocycles. The molecule has 1 aromatic heterocycles. The summed E-state index contributed by atoms with van der Waals surface area (Å²) in [6.07, 6.45) is -4.63. The minimum absolute atomic E-state index is 0.0158. The number of nitrogens with one attached hydrogen (secondary N) is 1. The number of halogens is 3. The average molecular weight is 399 g/mol. The van der Waals surface area contributed by atoms with Crippen LogP contribution in [0.2, 0.25) is 0 Å². The number of esters is 1. The Morgan fingerprint density at radius 1 is 1.29 bits per heavy atom. The van der Waals surface area contributed by atoms with Crippen LogP contribution in [0, 0.1) is 10.1 Å². The van der Waals surface area contributed by atoms with Crippen LogP contribution in [-0.4, -0.2) is 36.6 Å². The molecule has 0 aliphatic rings. The Morgan fingerprint density at radius 3 is 2.46 bits per heavy atom. The monoisotopic (exact) mass is 399 g/mol. The van der Waals surface area contributed by atoms with Gasteiger partial charge in [0.25, 0.3) is 5.88 Å². The van der Waals surface area contributed by atoms with E-state index < -0.39 is 39.8 Å². The number of hydrogen-bond acceptors (Lipinski definition) is 7. The quantitative estimate of drug-likeness (QED) is 0.446. The molecule has 0 bridgehead atoms. The van der Waals surface area contributed by atoms with Crippen LogP contribution < -0.4 is 10.1 Å². The number of carbonyl (C=O) groups is 1. The van der Waals surface area contributed by atoms with Gasteiger partial charge in [0, 0.05) is 18.3 Å². The van der Waals surface area contributed by atoms with E-state index in [0.29, 0.717) is 0 Å². The summed E-state index contributed by atoms with van der Waals surface area (Å²) in [5, 5.41) is 14.0. The molecule has 28 heavy (non-hydrogen) atoms. The van der Waals surface area contributed by atoms with Gasteiger partial charge < -0.3 is 14.8 Å². The van der Waals surface area contributed by atoms with Gasteiger partial charge in [-0.05, 0) is 31.2 Å². The molecule has 0 saturated carbocycles. The molecule has 0 unspecified atom stereocenters. The van der Waals surface area contributed by atoms with Crippen LogP contribution in [0.4, 0.5) is 24.5 Å². The first-order valence-corrected chi connectivity index (χ1v) is 7.93. The Hall–Kier alpha value is -3.37. The zero-order valence-corrected chi connectivity index (χ0v) is 15.1. The van der Waals surface area contributed by atoms with Crippen molar-refractivity contribution >= 4 is 17.3 Å². The lowest BCUT2D eigenvalue weighted by Crippen LogP contribution is -2.11. The summed E-state index contributed by atoms with van der Waals surface area (Å²) in [7, 11) is 2.53. The zero-order chi connectivity index (χ0) is 21.1. The molecule has 2 aromatic rings. The van der Waals surface area contributed by atoms with E-state index in [0.717, 1.165) is 25.3 Å². The maximum Gasteiger partial charge on any atom is 0.416 e. The first kappa shape index (κ1) is 20.9. The van der Waals surface area contributed by atoms with Gasteiger partial charge in [0.15, 0.2) is 0 Å². The predicted octanol–water partition coefficient (Wildman–Crippen LogP) is 3.90. The number of anilines is 1. The molecule has 0 saturated heterocycles. The van der Waals surface area contributed by atoms with Gasteiger partial charge in [-0.2, -0.15) is 13.2 Å². The maximum absolute atomic E-state index is 13.2. The van der Waals surface area contributed by atoms with Gasteiger partial charge in [0.2, 0.25) is 0 Å². The number of nitro groups is 1. The summed E-state index contributed by atoms with van der Waals surface area (Å²) in [5.41, 5.74) is -2.15. The normalized spacial score (nSPS) is 11.1. The lowest BCUT2D eigenvalue weighted by Gasteiger charge is -2.13. The standard InChI is InChI=1S/C17H16F3N3O5/c1-4-28-16(24)12-8-13(22-15(27-3)14(12)23(25)26)9-5-10(17(18,19)20)7-11(6-9)21-2/h5-8,21H,4H2,1-3H3. The van der Waals surface area contributed by atoms with Crippen molar-refractivity contribution in [1.29, 1.82) is 0 Å². The van der Waals surface area contributed by atoms with Crippen LogP contribution in [0.1, 0.15) is 22.8 Å². The molecule has 1 N–H and O–H groups in total.